The number of hydrogen-bond acceptors (Lipinski definition) is 4. The van der Waals surface area contributed by atoms with Crippen LogP contribution in [0.2, 0.25) is 0 Å². The van der Waals surface area contributed by atoms with Crippen molar-refractivity contribution in [2.24, 2.45) is 10.7 Å². The van der Waals surface area contributed by atoms with E-state index in [1.165, 1.54) is 0 Å². The van der Waals surface area contributed by atoms with E-state index in [0.29, 0.717) is 30.5 Å². The van der Waals surface area contributed by atoms with Crippen LogP contribution in [0.25, 0.3) is 5.69 Å². The number of nitrogens with zero attached hydrogens (tertiary/aromatic N) is 3. The van der Waals surface area contributed by atoms with Gasteiger partial charge < -0.3 is 20.5 Å². The molecule has 30 heavy (non-hydrogen) atoms. The Kier molecular flexibility index (Phi) is 8.52. The molecule has 0 spiro atoms. The SMILES string of the molecule is COc1ccc(CN=C(N)NCc2ccccc2-n2nc(C)cc2C)cc1OC.I. The van der Waals surface area contributed by atoms with Gasteiger partial charge >= 0.3 is 0 Å². The van der Waals surface area contributed by atoms with Gasteiger partial charge in [-0.25, -0.2) is 9.67 Å². The van der Waals surface area contributed by atoms with Crippen LogP contribution in [0.15, 0.2) is 53.5 Å². The minimum atomic E-state index is 0. The van der Waals surface area contributed by atoms with Gasteiger partial charge in [0.2, 0.25) is 0 Å². The predicted molar refractivity (Wildman–Crippen MR) is 130 cm³/mol. The van der Waals surface area contributed by atoms with Crippen molar-refractivity contribution in [3.63, 3.8) is 0 Å². The quantitative estimate of drug-likeness (QED) is 0.281. The summed E-state index contributed by atoms with van der Waals surface area (Å²) in [5, 5.41) is 7.77. The molecular weight excluding hydrogens is 493 g/mol. The van der Waals surface area contributed by atoms with E-state index in [2.05, 4.69) is 27.5 Å². The number of rotatable bonds is 7. The van der Waals surface area contributed by atoms with Gasteiger partial charge in [0.15, 0.2) is 17.5 Å². The monoisotopic (exact) mass is 521 g/mol. The first-order chi connectivity index (χ1) is 14.0. The molecular formula is C22H28IN5O2. The van der Waals surface area contributed by atoms with Gasteiger partial charge in [0, 0.05) is 12.2 Å². The molecule has 0 amide bonds. The van der Waals surface area contributed by atoms with Crippen LogP contribution < -0.4 is 20.5 Å². The second-order valence-corrected chi connectivity index (χ2v) is 6.71. The predicted octanol–water partition coefficient (Wildman–Crippen LogP) is 3.73. The zero-order valence-electron chi connectivity index (χ0n) is 17.7. The third kappa shape index (κ3) is 5.65. The molecule has 1 aromatic heterocycles. The van der Waals surface area contributed by atoms with E-state index in [1.54, 1.807) is 14.2 Å². The van der Waals surface area contributed by atoms with Crippen molar-refractivity contribution >= 4 is 29.9 Å². The molecule has 3 aromatic rings. The van der Waals surface area contributed by atoms with Crippen LogP contribution in [0.4, 0.5) is 0 Å². The van der Waals surface area contributed by atoms with Crippen LogP contribution in [0, 0.1) is 13.8 Å². The van der Waals surface area contributed by atoms with Crippen molar-refractivity contribution in [3.05, 3.63) is 71.0 Å². The summed E-state index contributed by atoms with van der Waals surface area (Å²) in [5.41, 5.74) is 11.2. The third-order valence-electron chi connectivity index (χ3n) is 4.57. The van der Waals surface area contributed by atoms with Crippen molar-refractivity contribution in [1.29, 1.82) is 0 Å². The highest BCUT2D eigenvalue weighted by molar-refractivity contribution is 14.0. The van der Waals surface area contributed by atoms with Crippen LogP contribution in [0.3, 0.4) is 0 Å². The molecule has 2 aromatic carbocycles. The van der Waals surface area contributed by atoms with Gasteiger partial charge in [0.1, 0.15) is 0 Å². The Morgan fingerprint density at radius 2 is 1.80 bits per heavy atom. The highest BCUT2D eigenvalue weighted by Crippen LogP contribution is 2.27. The molecule has 0 saturated heterocycles. The molecule has 0 aliphatic rings. The molecule has 1 heterocycles. The largest absolute Gasteiger partial charge is 0.493 e. The minimum Gasteiger partial charge on any atom is -0.493 e. The molecule has 0 aliphatic heterocycles. The van der Waals surface area contributed by atoms with E-state index in [9.17, 15) is 0 Å². The molecule has 0 atom stereocenters. The molecule has 0 radical (unpaired) electrons. The van der Waals surface area contributed by atoms with Crippen molar-refractivity contribution in [1.82, 2.24) is 15.1 Å². The zero-order valence-corrected chi connectivity index (χ0v) is 20.0. The van der Waals surface area contributed by atoms with E-state index in [0.717, 1.165) is 28.2 Å². The summed E-state index contributed by atoms with van der Waals surface area (Å²) in [6, 6.07) is 15.9. The Hall–Kier alpha value is -2.75. The second-order valence-electron chi connectivity index (χ2n) is 6.71. The lowest BCUT2D eigenvalue weighted by Gasteiger charge is -2.13. The van der Waals surface area contributed by atoms with Crippen LogP contribution in [0.1, 0.15) is 22.5 Å². The molecule has 0 unspecified atom stereocenters. The van der Waals surface area contributed by atoms with Gasteiger partial charge in [0.05, 0.1) is 32.1 Å². The number of aliphatic imine (C=N–C) groups is 1. The highest BCUT2D eigenvalue weighted by Gasteiger charge is 2.09. The van der Waals surface area contributed by atoms with Gasteiger partial charge in [-0.1, -0.05) is 24.3 Å². The third-order valence-corrected chi connectivity index (χ3v) is 4.57. The number of ether oxygens (including phenoxy) is 2. The molecule has 7 nitrogen and oxygen atoms in total. The van der Waals surface area contributed by atoms with Crippen molar-refractivity contribution in [3.8, 4) is 17.2 Å². The molecule has 8 heteroatoms. The molecule has 0 fully saturated rings. The van der Waals surface area contributed by atoms with E-state index < -0.39 is 0 Å². The van der Waals surface area contributed by atoms with E-state index in [-0.39, 0.29) is 24.0 Å². The summed E-state index contributed by atoms with van der Waals surface area (Å²) in [7, 11) is 3.22. The summed E-state index contributed by atoms with van der Waals surface area (Å²) >= 11 is 0. The number of nitrogens with one attached hydrogen (secondary N) is 1. The fourth-order valence-electron chi connectivity index (χ4n) is 3.14. The first-order valence-electron chi connectivity index (χ1n) is 9.38. The molecule has 3 N–H and O–H groups in total. The van der Waals surface area contributed by atoms with E-state index in [4.69, 9.17) is 15.2 Å². The Morgan fingerprint density at radius 3 is 2.47 bits per heavy atom. The van der Waals surface area contributed by atoms with Crippen LogP contribution in [-0.4, -0.2) is 30.0 Å². The van der Waals surface area contributed by atoms with Gasteiger partial charge in [-0.05, 0) is 49.2 Å². The number of guanidine groups is 1. The maximum absolute atomic E-state index is 6.08. The number of para-hydroxylation sites is 1. The summed E-state index contributed by atoms with van der Waals surface area (Å²) in [6.45, 7) is 5.03. The Balaban J connectivity index is 0.00000320. The maximum atomic E-state index is 6.08. The van der Waals surface area contributed by atoms with E-state index in [1.807, 2.05) is 54.9 Å². The highest BCUT2D eigenvalue weighted by atomic mass is 127. The van der Waals surface area contributed by atoms with Gasteiger partial charge in [-0.2, -0.15) is 5.10 Å². The fraction of sp³-hybridized carbons (Fsp3) is 0.273. The van der Waals surface area contributed by atoms with Crippen LogP contribution in [-0.2, 0) is 13.1 Å². The number of aryl methyl sites for hydroxylation is 2. The maximum Gasteiger partial charge on any atom is 0.189 e. The standard InChI is InChI=1S/C22H27N5O2.HI/c1-15-11-16(2)27(26-15)19-8-6-5-7-18(19)14-25-22(23)24-13-17-9-10-20(28-3)21(12-17)29-4;/h5-12H,13-14H2,1-4H3,(H3,23,24,25);1H. The molecule has 160 valence electrons. The minimum absolute atomic E-state index is 0. The summed E-state index contributed by atoms with van der Waals surface area (Å²) < 4.78 is 12.5. The lowest BCUT2D eigenvalue weighted by Crippen LogP contribution is -2.31. The lowest BCUT2D eigenvalue weighted by atomic mass is 10.1. The zero-order chi connectivity index (χ0) is 20.8. The van der Waals surface area contributed by atoms with Gasteiger partial charge in [0.25, 0.3) is 0 Å². The lowest BCUT2D eigenvalue weighted by molar-refractivity contribution is 0.354. The smallest absolute Gasteiger partial charge is 0.189 e. The van der Waals surface area contributed by atoms with Gasteiger partial charge in [-0.15, -0.1) is 24.0 Å². The first kappa shape index (κ1) is 23.5. The fourth-order valence-corrected chi connectivity index (χ4v) is 3.14. The number of aromatic nitrogens is 2. The average Bonchev–Trinajstić information content (AvgIpc) is 3.08. The van der Waals surface area contributed by atoms with Crippen molar-refractivity contribution < 1.29 is 9.47 Å². The number of benzene rings is 2. The normalized spacial score (nSPS) is 11.0. The summed E-state index contributed by atoms with van der Waals surface area (Å²) in [5.74, 6) is 1.74. The first-order valence-corrected chi connectivity index (χ1v) is 9.38. The number of methoxy groups -OCH3 is 2. The molecule has 0 bridgehead atoms. The van der Waals surface area contributed by atoms with Crippen molar-refractivity contribution in [2.75, 3.05) is 14.2 Å². The van der Waals surface area contributed by atoms with Crippen LogP contribution in [0.5, 0.6) is 11.5 Å². The van der Waals surface area contributed by atoms with E-state index >= 15 is 0 Å². The summed E-state index contributed by atoms with van der Waals surface area (Å²) in [6.07, 6.45) is 0. The molecule has 0 saturated carbocycles. The molecule has 3 rings (SSSR count). The number of hydrogen-bond donors (Lipinski definition) is 2. The van der Waals surface area contributed by atoms with Crippen molar-refractivity contribution in [2.45, 2.75) is 26.9 Å². The number of nitrogens with two attached hydrogens (primary N) is 1. The Labute approximate surface area is 194 Å². The van der Waals surface area contributed by atoms with Crippen LogP contribution >= 0.6 is 24.0 Å². The molecule has 0 aliphatic carbocycles. The topological polar surface area (TPSA) is 86.7 Å². The summed E-state index contributed by atoms with van der Waals surface area (Å²) in [4.78, 5) is 4.43. The second kappa shape index (κ2) is 10.9. The van der Waals surface area contributed by atoms with Gasteiger partial charge in [-0.3, -0.25) is 0 Å². The Bertz CT molecular complexity index is 1020. The Morgan fingerprint density at radius 1 is 1.07 bits per heavy atom. The average molecular weight is 521 g/mol. The number of halogens is 1.